The van der Waals surface area contributed by atoms with Crippen LogP contribution in [0.25, 0.3) is 6.08 Å². The van der Waals surface area contributed by atoms with Crippen LogP contribution in [0, 0.1) is 0 Å². The highest BCUT2D eigenvalue weighted by Gasteiger charge is 2.05. The zero-order valence-corrected chi connectivity index (χ0v) is 12.4. The van der Waals surface area contributed by atoms with Gasteiger partial charge in [-0.15, -0.1) is 11.3 Å². The normalized spacial score (nSPS) is 10.9. The number of benzene rings is 1. The molecule has 110 valence electrons. The Balaban J connectivity index is 2.04. The van der Waals surface area contributed by atoms with Gasteiger partial charge < -0.3 is 14.6 Å². The van der Waals surface area contributed by atoms with Gasteiger partial charge in [-0.25, -0.2) is 4.79 Å². The van der Waals surface area contributed by atoms with Crippen LogP contribution in [0.3, 0.4) is 0 Å². The van der Waals surface area contributed by atoms with Gasteiger partial charge in [-0.1, -0.05) is 12.1 Å². The summed E-state index contributed by atoms with van der Waals surface area (Å²) in [7, 11) is 1.60. The molecular weight excluding hydrogens is 288 g/mol. The van der Waals surface area contributed by atoms with Crippen molar-refractivity contribution in [3.8, 4) is 5.75 Å². The fourth-order valence-corrected chi connectivity index (χ4v) is 2.48. The summed E-state index contributed by atoms with van der Waals surface area (Å²) in [5.74, 6) is -0.241. The largest absolute Gasteiger partial charge is 0.496 e. The third-order valence-electron chi connectivity index (χ3n) is 2.80. The standard InChI is InChI=1S/C16H16O4S/c1-19-15-6-4-12(5-7-16(17)18)9-13(15)10-20-11-14-3-2-8-21-14/h2-9H,10-11H2,1H3,(H,17,18). The topological polar surface area (TPSA) is 55.8 Å². The van der Waals surface area contributed by atoms with Crippen LogP contribution in [-0.2, 0) is 22.7 Å². The fraction of sp³-hybridized carbons (Fsp3) is 0.188. The molecule has 1 aromatic carbocycles. The van der Waals surface area contributed by atoms with Gasteiger partial charge in [0.2, 0.25) is 0 Å². The Morgan fingerprint density at radius 2 is 2.19 bits per heavy atom. The van der Waals surface area contributed by atoms with Crippen molar-refractivity contribution in [3.05, 3.63) is 57.8 Å². The minimum Gasteiger partial charge on any atom is -0.496 e. The summed E-state index contributed by atoms with van der Waals surface area (Å²) in [6, 6.07) is 9.49. The quantitative estimate of drug-likeness (QED) is 0.795. The van der Waals surface area contributed by atoms with Gasteiger partial charge in [0, 0.05) is 16.5 Å². The Morgan fingerprint density at radius 1 is 1.33 bits per heavy atom. The number of carboxylic acids is 1. The van der Waals surface area contributed by atoms with Gasteiger partial charge in [0.15, 0.2) is 0 Å². The van der Waals surface area contributed by atoms with E-state index in [2.05, 4.69) is 0 Å². The van der Waals surface area contributed by atoms with Crippen molar-refractivity contribution in [2.75, 3.05) is 7.11 Å². The van der Waals surface area contributed by atoms with E-state index in [9.17, 15) is 4.79 Å². The number of carboxylic acid groups (broad SMARTS) is 1. The molecule has 0 aliphatic carbocycles. The zero-order chi connectivity index (χ0) is 15.1. The van der Waals surface area contributed by atoms with Crippen LogP contribution in [0.4, 0.5) is 0 Å². The molecule has 5 heteroatoms. The first-order valence-corrected chi connectivity index (χ1v) is 7.25. The molecule has 0 saturated heterocycles. The van der Waals surface area contributed by atoms with E-state index in [4.69, 9.17) is 14.6 Å². The van der Waals surface area contributed by atoms with E-state index in [1.165, 1.54) is 0 Å². The predicted molar refractivity (Wildman–Crippen MR) is 82.5 cm³/mol. The van der Waals surface area contributed by atoms with Crippen LogP contribution in [0.1, 0.15) is 16.0 Å². The first-order valence-electron chi connectivity index (χ1n) is 6.37. The van der Waals surface area contributed by atoms with E-state index < -0.39 is 5.97 Å². The Bertz CT molecular complexity index is 617. The van der Waals surface area contributed by atoms with Crippen LogP contribution in [0.5, 0.6) is 5.75 Å². The summed E-state index contributed by atoms with van der Waals surface area (Å²) in [4.78, 5) is 11.7. The summed E-state index contributed by atoms with van der Waals surface area (Å²) in [6.07, 6.45) is 2.66. The van der Waals surface area contributed by atoms with Crippen molar-refractivity contribution >= 4 is 23.4 Å². The molecule has 2 rings (SSSR count). The van der Waals surface area contributed by atoms with Gasteiger partial charge in [-0.05, 0) is 35.2 Å². The molecule has 4 nitrogen and oxygen atoms in total. The molecule has 0 amide bonds. The van der Waals surface area contributed by atoms with E-state index in [1.807, 2.05) is 29.6 Å². The van der Waals surface area contributed by atoms with Crippen molar-refractivity contribution < 1.29 is 19.4 Å². The molecule has 0 bridgehead atoms. The lowest BCUT2D eigenvalue weighted by Crippen LogP contribution is -1.97. The number of hydrogen-bond acceptors (Lipinski definition) is 4. The first-order chi connectivity index (χ1) is 10.2. The molecule has 0 radical (unpaired) electrons. The van der Waals surface area contributed by atoms with Crippen molar-refractivity contribution in [2.45, 2.75) is 13.2 Å². The molecule has 0 aliphatic rings. The number of rotatable bonds is 7. The summed E-state index contributed by atoms with van der Waals surface area (Å²) in [5.41, 5.74) is 1.69. The maximum atomic E-state index is 10.5. The van der Waals surface area contributed by atoms with Crippen LogP contribution in [0.15, 0.2) is 41.8 Å². The number of ether oxygens (including phenoxy) is 2. The van der Waals surface area contributed by atoms with Gasteiger partial charge in [0.1, 0.15) is 5.75 Å². The average Bonchev–Trinajstić information content (AvgIpc) is 2.98. The maximum absolute atomic E-state index is 10.5. The molecule has 0 fully saturated rings. The van der Waals surface area contributed by atoms with Crippen LogP contribution in [-0.4, -0.2) is 18.2 Å². The highest BCUT2D eigenvalue weighted by atomic mass is 32.1. The Morgan fingerprint density at radius 3 is 2.86 bits per heavy atom. The number of hydrogen-bond donors (Lipinski definition) is 1. The number of methoxy groups -OCH3 is 1. The van der Waals surface area contributed by atoms with Crippen LogP contribution < -0.4 is 4.74 Å². The van der Waals surface area contributed by atoms with E-state index in [0.29, 0.717) is 13.2 Å². The number of carbonyl (C=O) groups is 1. The van der Waals surface area contributed by atoms with Gasteiger partial charge in [0.05, 0.1) is 20.3 Å². The lowest BCUT2D eigenvalue weighted by Gasteiger charge is -2.10. The third-order valence-corrected chi connectivity index (χ3v) is 3.65. The minimum atomic E-state index is -0.971. The number of thiophene rings is 1. The first kappa shape index (κ1) is 15.3. The Kier molecular flexibility index (Phi) is 5.54. The van der Waals surface area contributed by atoms with E-state index in [1.54, 1.807) is 30.6 Å². The van der Waals surface area contributed by atoms with Gasteiger partial charge in [-0.3, -0.25) is 0 Å². The summed E-state index contributed by atoms with van der Waals surface area (Å²) >= 11 is 1.65. The van der Waals surface area contributed by atoms with Gasteiger partial charge in [0.25, 0.3) is 0 Å². The Labute approximate surface area is 127 Å². The Hall–Kier alpha value is -2.11. The highest BCUT2D eigenvalue weighted by molar-refractivity contribution is 7.09. The van der Waals surface area contributed by atoms with Gasteiger partial charge in [-0.2, -0.15) is 0 Å². The molecule has 1 N–H and O–H groups in total. The monoisotopic (exact) mass is 304 g/mol. The molecule has 2 aromatic rings. The molecule has 0 spiro atoms. The SMILES string of the molecule is COc1ccc(C=CC(=O)O)cc1COCc1cccs1. The molecule has 1 heterocycles. The summed E-state index contributed by atoms with van der Waals surface area (Å²) in [6.45, 7) is 0.964. The highest BCUT2D eigenvalue weighted by Crippen LogP contribution is 2.22. The van der Waals surface area contributed by atoms with Crippen molar-refractivity contribution in [2.24, 2.45) is 0 Å². The van der Waals surface area contributed by atoms with Crippen molar-refractivity contribution in [3.63, 3.8) is 0 Å². The maximum Gasteiger partial charge on any atom is 0.328 e. The van der Waals surface area contributed by atoms with E-state index >= 15 is 0 Å². The summed E-state index contributed by atoms with van der Waals surface area (Å²) in [5, 5.41) is 10.7. The second-order valence-corrected chi connectivity index (χ2v) is 5.35. The lowest BCUT2D eigenvalue weighted by molar-refractivity contribution is -0.131. The third kappa shape index (κ3) is 4.73. The van der Waals surface area contributed by atoms with Crippen molar-refractivity contribution in [1.82, 2.24) is 0 Å². The predicted octanol–water partition coefficient (Wildman–Crippen LogP) is 3.57. The molecule has 0 unspecified atom stereocenters. The van der Waals surface area contributed by atoms with E-state index in [-0.39, 0.29) is 0 Å². The second kappa shape index (κ2) is 7.61. The molecule has 1 aromatic heterocycles. The van der Waals surface area contributed by atoms with Crippen LogP contribution in [0.2, 0.25) is 0 Å². The van der Waals surface area contributed by atoms with Gasteiger partial charge >= 0.3 is 5.97 Å². The summed E-state index contributed by atoms with van der Waals surface area (Å²) < 4.78 is 11.0. The lowest BCUT2D eigenvalue weighted by atomic mass is 10.1. The zero-order valence-electron chi connectivity index (χ0n) is 11.6. The molecule has 21 heavy (non-hydrogen) atoms. The second-order valence-electron chi connectivity index (χ2n) is 4.32. The van der Waals surface area contributed by atoms with Crippen molar-refractivity contribution in [1.29, 1.82) is 0 Å². The smallest absolute Gasteiger partial charge is 0.328 e. The molecule has 0 saturated carbocycles. The molecular formula is C16H16O4S. The number of aliphatic carboxylic acids is 1. The molecule has 0 atom stereocenters. The molecule has 0 aliphatic heterocycles. The van der Waals surface area contributed by atoms with Crippen LogP contribution >= 0.6 is 11.3 Å². The fourth-order valence-electron chi connectivity index (χ4n) is 1.84. The minimum absolute atomic E-state index is 0.413. The average molecular weight is 304 g/mol. The van der Waals surface area contributed by atoms with E-state index in [0.717, 1.165) is 27.8 Å².